The second-order valence-corrected chi connectivity index (χ2v) is 9.85. The van der Waals surface area contributed by atoms with Crippen LogP contribution in [-0.2, 0) is 24.4 Å². The third-order valence-corrected chi connectivity index (χ3v) is 8.38. The molecular weight excluding hydrogens is 404 g/mol. The lowest BCUT2D eigenvalue weighted by molar-refractivity contribution is -0.138. The Morgan fingerprint density at radius 3 is 2.54 bits per heavy atom. The number of hydrogen-bond acceptors (Lipinski definition) is 6. The Kier molecular flexibility index (Phi) is 6.36. The average Bonchev–Trinajstić information content (AvgIpc) is 3.44. The van der Waals surface area contributed by atoms with Gasteiger partial charge in [-0.1, -0.05) is 6.07 Å². The van der Waals surface area contributed by atoms with E-state index in [4.69, 9.17) is 0 Å². The van der Waals surface area contributed by atoms with Gasteiger partial charge in [-0.05, 0) is 37.1 Å². The van der Waals surface area contributed by atoms with Gasteiger partial charge in [0.1, 0.15) is 16.3 Å². The SMILES string of the molecule is CNC(=O)C1CCCN1C(=O)CNC(=O)C1CCCN1S(=O)(=O)c1cccs1. The summed E-state index contributed by atoms with van der Waals surface area (Å²) in [7, 11) is -2.20. The maximum absolute atomic E-state index is 12.7. The molecule has 0 spiro atoms. The van der Waals surface area contributed by atoms with Crippen molar-refractivity contribution in [3.05, 3.63) is 17.5 Å². The highest BCUT2D eigenvalue weighted by atomic mass is 32.2. The number of likely N-dealkylation sites (N-methyl/N-ethyl adjacent to an activating group) is 1. The smallest absolute Gasteiger partial charge is 0.253 e. The van der Waals surface area contributed by atoms with E-state index in [1.807, 2.05) is 0 Å². The molecule has 1 aromatic heterocycles. The van der Waals surface area contributed by atoms with Gasteiger partial charge in [-0.3, -0.25) is 14.4 Å². The Morgan fingerprint density at radius 2 is 1.86 bits per heavy atom. The van der Waals surface area contributed by atoms with Crippen molar-refractivity contribution in [3.63, 3.8) is 0 Å². The number of rotatable bonds is 6. The lowest BCUT2D eigenvalue weighted by Gasteiger charge is -2.25. The van der Waals surface area contributed by atoms with Crippen LogP contribution in [0.5, 0.6) is 0 Å². The van der Waals surface area contributed by atoms with Crippen LogP contribution in [0.1, 0.15) is 25.7 Å². The largest absolute Gasteiger partial charge is 0.357 e. The Labute approximate surface area is 168 Å². The number of carbonyl (C=O) groups is 3. The molecule has 0 bridgehead atoms. The van der Waals surface area contributed by atoms with Gasteiger partial charge in [-0.25, -0.2) is 8.42 Å². The Morgan fingerprint density at radius 1 is 1.14 bits per heavy atom. The molecule has 0 aromatic carbocycles. The Hall–Kier alpha value is -1.98. The maximum atomic E-state index is 12.7. The topological polar surface area (TPSA) is 116 Å². The van der Waals surface area contributed by atoms with Gasteiger partial charge in [-0.15, -0.1) is 11.3 Å². The second kappa shape index (κ2) is 8.58. The van der Waals surface area contributed by atoms with E-state index in [0.717, 1.165) is 17.8 Å². The highest BCUT2D eigenvalue weighted by molar-refractivity contribution is 7.91. The number of carbonyl (C=O) groups excluding carboxylic acids is 3. The lowest BCUT2D eigenvalue weighted by atomic mass is 10.2. The van der Waals surface area contributed by atoms with Gasteiger partial charge in [0, 0.05) is 20.1 Å². The van der Waals surface area contributed by atoms with Crippen molar-refractivity contribution in [1.82, 2.24) is 19.8 Å². The summed E-state index contributed by atoms with van der Waals surface area (Å²) in [5.74, 6) is -1.05. The van der Waals surface area contributed by atoms with E-state index in [2.05, 4.69) is 10.6 Å². The number of nitrogens with one attached hydrogen (secondary N) is 2. The lowest BCUT2D eigenvalue weighted by Crippen LogP contribution is -2.51. The summed E-state index contributed by atoms with van der Waals surface area (Å²) in [6.45, 7) is 0.488. The first-order valence-corrected chi connectivity index (χ1v) is 11.5. The molecule has 2 aliphatic rings. The van der Waals surface area contributed by atoms with Gasteiger partial charge < -0.3 is 15.5 Å². The fourth-order valence-electron chi connectivity index (χ4n) is 3.70. The molecule has 2 aliphatic heterocycles. The molecule has 2 unspecified atom stereocenters. The molecule has 2 fully saturated rings. The summed E-state index contributed by atoms with van der Waals surface area (Å²) in [5, 5.41) is 6.78. The number of nitrogens with zero attached hydrogens (tertiary/aromatic N) is 2. The van der Waals surface area contributed by atoms with Crippen LogP contribution in [0.15, 0.2) is 21.7 Å². The quantitative estimate of drug-likeness (QED) is 0.649. The van der Waals surface area contributed by atoms with Gasteiger partial charge in [0.05, 0.1) is 6.54 Å². The van der Waals surface area contributed by atoms with Crippen LogP contribution < -0.4 is 10.6 Å². The highest BCUT2D eigenvalue weighted by Gasteiger charge is 2.40. The van der Waals surface area contributed by atoms with Gasteiger partial charge in [0.2, 0.25) is 17.7 Å². The molecule has 2 saturated heterocycles. The van der Waals surface area contributed by atoms with Gasteiger partial charge in [-0.2, -0.15) is 4.31 Å². The van der Waals surface area contributed by atoms with Crippen LogP contribution in [0.25, 0.3) is 0 Å². The first kappa shape index (κ1) is 20.7. The number of amides is 3. The first-order chi connectivity index (χ1) is 13.4. The molecule has 1 aromatic rings. The van der Waals surface area contributed by atoms with E-state index in [0.29, 0.717) is 25.8 Å². The molecule has 28 heavy (non-hydrogen) atoms. The van der Waals surface area contributed by atoms with Gasteiger partial charge >= 0.3 is 0 Å². The van der Waals surface area contributed by atoms with Crippen molar-refractivity contribution < 1.29 is 22.8 Å². The molecule has 3 heterocycles. The summed E-state index contributed by atoms with van der Waals surface area (Å²) in [6, 6.07) is 1.83. The number of thiophene rings is 1. The van der Waals surface area contributed by atoms with E-state index in [-0.39, 0.29) is 29.1 Å². The molecule has 3 rings (SSSR count). The standard InChI is InChI=1S/C17H24N4O5S2/c1-18-16(23)12-5-2-8-20(12)14(22)11-19-17(24)13-6-3-9-21(13)28(25,26)15-7-4-10-27-15/h4,7,10,12-13H,2-3,5-6,8-9,11H2,1H3,(H,18,23)(H,19,24). The van der Waals surface area contributed by atoms with E-state index in [1.165, 1.54) is 22.3 Å². The summed E-state index contributed by atoms with van der Waals surface area (Å²) in [6.07, 6.45) is 2.32. The molecule has 0 saturated carbocycles. The van der Waals surface area contributed by atoms with E-state index < -0.39 is 28.0 Å². The first-order valence-electron chi connectivity index (χ1n) is 9.20. The van der Waals surface area contributed by atoms with Crippen molar-refractivity contribution in [2.24, 2.45) is 0 Å². The van der Waals surface area contributed by atoms with Crippen molar-refractivity contribution >= 4 is 39.1 Å². The van der Waals surface area contributed by atoms with E-state index in [1.54, 1.807) is 11.4 Å². The molecule has 0 aliphatic carbocycles. The molecule has 2 N–H and O–H groups in total. The third-order valence-electron chi connectivity index (χ3n) is 5.10. The summed E-state index contributed by atoms with van der Waals surface area (Å²) in [4.78, 5) is 38.4. The van der Waals surface area contributed by atoms with Crippen LogP contribution in [0.3, 0.4) is 0 Å². The van der Waals surface area contributed by atoms with Crippen LogP contribution in [0, 0.1) is 0 Å². The molecular formula is C17H24N4O5S2. The number of sulfonamides is 1. The van der Waals surface area contributed by atoms with E-state index >= 15 is 0 Å². The highest BCUT2D eigenvalue weighted by Crippen LogP contribution is 2.28. The van der Waals surface area contributed by atoms with Gasteiger partial charge in [0.15, 0.2) is 0 Å². The van der Waals surface area contributed by atoms with Crippen molar-refractivity contribution in [2.75, 3.05) is 26.7 Å². The van der Waals surface area contributed by atoms with Crippen LogP contribution in [0.4, 0.5) is 0 Å². The molecule has 154 valence electrons. The molecule has 11 heteroatoms. The monoisotopic (exact) mass is 428 g/mol. The number of hydrogen-bond donors (Lipinski definition) is 2. The fourth-order valence-corrected chi connectivity index (χ4v) is 6.48. The van der Waals surface area contributed by atoms with Crippen molar-refractivity contribution in [3.8, 4) is 0 Å². The third kappa shape index (κ3) is 4.06. The van der Waals surface area contributed by atoms with Crippen molar-refractivity contribution in [1.29, 1.82) is 0 Å². The normalized spacial score (nSPS) is 23.0. The van der Waals surface area contributed by atoms with Crippen LogP contribution in [-0.4, -0.2) is 74.1 Å². The van der Waals surface area contributed by atoms with Crippen LogP contribution in [0.2, 0.25) is 0 Å². The summed E-state index contributed by atoms with van der Waals surface area (Å²) in [5.41, 5.74) is 0. The number of likely N-dealkylation sites (tertiary alicyclic amines) is 1. The predicted molar refractivity (Wildman–Crippen MR) is 103 cm³/mol. The zero-order chi connectivity index (χ0) is 20.3. The predicted octanol–water partition coefficient (Wildman–Crippen LogP) is -0.246. The van der Waals surface area contributed by atoms with E-state index in [9.17, 15) is 22.8 Å². The zero-order valence-corrected chi connectivity index (χ0v) is 17.2. The minimum atomic E-state index is -3.72. The van der Waals surface area contributed by atoms with Crippen LogP contribution >= 0.6 is 11.3 Å². The minimum absolute atomic E-state index is 0.203. The maximum Gasteiger partial charge on any atom is 0.253 e. The molecule has 0 radical (unpaired) electrons. The second-order valence-electron chi connectivity index (χ2n) is 6.78. The van der Waals surface area contributed by atoms with Gasteiger partial charge in [0.25, 0.3) is 10.0 Å². The molecule has 2 atom stereocenters. The zero-order valence-electron chi connectivity index (χ0n) is 15.6. The summed E-state index contributed by atoms with van der Waals surface area (Å²) >= 11 is 1.11. The Balaban J connectivity index is 1.61. The minimum Gasteiger partial charge on any atom is -0.357 e. The summed E-state index contributed by atoms with van der Waals surface area (Å²) < 4.78 is 26.9. The molecule has 3 amide bonds. The fraction of sp³-hybridized carbons (Fsp3) is 0.588. The molecule has 9 nitrogen and oxygen atoms in total. The van der Waals surface area contributed by atoms with Crippen molar-refractivity contribution in [2.45, 2.75) is 42.0 Å². The Bertz CT molecular complexity index is 840. The average molecular weight is 429 g/mol.